The summed E-state index contributed by atoms with van der Waals surface area (Å²) in [4.78, 5) is 13.7. The van der Waals surface area contributed by atoms with Crippen LogP contribution in [-0.4, -0.2) is 24.4 Å². The minimum Gasteiger partial charge on any atom is -0.339 e. The summed E-state index contributed by atoms with van der Waals surface area (Å²) in [5.74, 6) is -1.44. The molecule has 0 bridgehead atoms. The first-order valence-electron chi connectivity index (χ1n) is 6.84. The van der Waals surface area contributed by atoms with Gasteiger partial charge in [-0.25, -0.2) is 8.78 Å². The van der Waals surface area contributed by atoms with Crippen molar-refractivity contribution in [2.24, 2.45) is 11.7 Å². The molecule has 0 aliphatic heterocycles. The predicted molar refractivity (Wildman–Crippen MR) is 75.0 cm³/mol. The average molecular weight is 284 g/mol. The summed E-state index contributed by atoms with van der Waals surface area (Å²) in [5.41, 5.74) is 5.78. The number of nitrogens with zero attached hydrogens (tertiary/aromatic N) is 1. The summed E-state index contributed by atoms with van der Waals surface area (Å²) in [6.45, 7) is 3.91. The number of hydrogen-bond acceptors (Lipinski definition) is 2. The molecule has 1 amide bonds. The Morgan fingerprint density at radius 3 is 2.60 bits per heavy atom. The van der Waals surface area contributed by atoms with Gasteiger partial charge in [0.1, 0.15) is 11.6 Å². The molecule has 0 saturated carbocycles. The van der Waals surface area contributed by atoms with Gasteiger partial charge < -0.3 is 10.6 Å². The van der Waals surface area contributed by atoms with Gasteiger partial charge in [0.2, 0.25) is 5.91 Å². The molecular weight excluding hydrogens is 262 g/mol. The molecule has 1 rings (SSSR count). The van der Waals surface area contributed by atoms with Crippen LogP contribution in [-0.2, 0) is 4.79 Å². The zero-order valence-electron chi connectivity index (χ0n) is 12.2. The summed E-state index contributed by atoms with van der Waals surface area (Å²) < 4.78 is 27.0. The molecule has 0 heterocycles. The fourth-order valence-corrected chi connectivity index (χ4v) is 2.21. The highest BCUT2D eigenvalue weighted by Crippen LogP contribution is 2.24. The number of rotatable bonds is 6. The number of halogens is 2. The number of carbonyl (C=O) groups excluding carboxylic acids is 1. The van der Waals surface area contributed by atoms with E-state index in [0.29, 0.717) is 6.42 Å². The van der Waals surface area contributed by atoms with Crippen molar-refractivity contribution in [3.8, 4) is 0 Å². The van der Waals surface area contributed by atoms with E-state index in [9.17, 15) is 13.6 Å². The van der Waals surface area contributed by atoms with Gasteiger partial charge in [-0.2, -0.15) is 0 Å². The summed E-state index contributed by atoms with van der Waals surface area (Å²) in [5, 5.41) is 0. The van der Waals surface area contributed by atoms with E-state index in [4.69, 9.17) is 5.73 Å². The molecule has 2 N–H and O–H groups in total. The fourth-order valence-electron chi connectivity index (χ4n) is 2.21. The van der Waals surface area contributed by atoms with Gasteiger partial charge in [-0.1, -0.05) is 13.3 Å². The van der Waals surface area contributed by atoms with E-state index in [1.165, 1.54) is 4.90 Å². The highest BCUT2D eigenvalue weighted by Gasteiger charge is 2.25. The smallest absolute Gasteiger partial charge is 0.227 e. The SMILES string of the molecule is CCCC(CN)C(=O)N(C)C(C)c1cc(F)ccc1F. The lowest BCUT2D eigenvalue weighted by molar-refractivity contribution is -0.136. The van der Waals surface area contributed by atoms with Gasteiger partial charge in [0.05, 0.1) is 12.0 Å². The molecule has 1 aromatic carbocycles. The number of amides is 1. The van der Waals surface area contributed by atoms with Crippen LogP contribution < -0.4 is 5.73 Å². The Kier molecular flexibility index (Phi) is 6.07. The van der Waals surface area contributed by atoms with E-state index in [2.05, 4.69) is 0 Å². The maximum Gasteiger partial charge on any atom is 0.227 e. The maximum absolute atomic E-state index is 13.7. The van der Waals surface area contributed by atoms with Gasteiger partial charge in [0.25, 0.3) is 0 Å². The van der Waals surface area contributed by atoms with Crippen LogP contribution in [0.5, 0.6) is 0 Å². The quantitative estimate of drug-likeness (QED) is 0.873. The van der Waals surface area contributed by atoms with Gasteiger partial charge in [0, 0.05) is 19.2 Å². The molecule has 112 valence electrons. The molecule has 0 aromatic heterocycles. The van der Waals surface area contributed by atoms with Crippen LogP contribution in [0.25, 0.3) is 0 Å². The molecule has 2 unspecified atom stereocenters. The Morgan fingerprint density at radius 2 is 2.05 bits per heavy atom. The third kappa shape index (κ3) is 3.76. The Morgan fingerprint density at radius 1 is 1.40 bits per heavy atom. The lowest BCUT2D eigenvalue weighted by Crippen LogP contribution is -2.38. The maximum atomic E-state index is 13.7. The molecule has 0 aliphatic rings. The lowest BCUT2D eigenvalue weighted by atomic mass is 10.00. The van der Waals surface area contributed by atoms with Gasteiger partial charge in [0.15, 0.2) is 0 Å². The first kappa shape index (κ1) is 16.6. The second kappa shape index (κ2) is 7.33. The van der Waals surface area contributed by atoms with Gasteiger partial charge >= 0.3 is 0 Å². The Balaban J connectivity index is 2.92. The van der Waals surface area contributed by atoms with Crippen molar-refractivity contribution in [1.29, 1.82) is 0 Å². The normalized spacial score (nSPS) is 13.9. The summed E-state index contributed by atoms with van der Waals surface area (Å²) in [6, 6.07) is 2.73. The molecule has 0 saturated heterocycles. The zero-order chi connectivity index (χ0) is 15.3. The molecule has 0 radical (unpaired) electrons. The van der Waals surface area contributed by atoms with E-state index >= 15 is 0 Å². The number of hydrogen-bond donors (Lipinski definition) is 1. The van der Waals surface area contributed by atoms with E-state index in [1.807, 2.05) is 6.92 Å². The Labute approximate surface area is 118 Å². The highest BCUT2D eigenvalue weighted by atomic mass is 19.1. The predicted octanol–water partition coefficient (Wildman–Crippen LogP) is 2.86. The highest BCUT2D eigenvalue weighted by molar-refractivity contribution is 5.79. The summed E-state index contributed by atoms with van der Waals surface area (Å²) in [7, 11) is 1.59. The number of carbonyl (C=O) groups is 1. The monoisotopic (exact) mass is 284 g/mol. The van der Waals surface area contributed by atoms with E-state index in [0.717, 1.165) is 24.6 Å². The van der Waals surface area contributed by atoms with Crippen molar-refractivity contribution in [1.82, 2.24) is 4.90 Å². The fraction of sp³-hybridized carbons (Fsp3) is 0.533. The Bertz CT molecular complexity index is 465. The van der Waals surface area contributed by atoms with Crippen LogP contribution in [0.3, 0.4) is 0 Å². The second-order valence-electron chi connectivity index (χ2n) is 5.01. The standard InChI is InChI=1S/C15H22F2N2O/c1-4-5-11(9-18)15(20)19(3)10(2)13-8-12(16)6-7-14(13)17/h6-8,10-11H,4-5,9,18H2,1-3H3. The third-order valence-corrected chi connectivity index (χ3v) is 3.61. The largest absolute Gasteiger partial charge is 0.339 e. The lowest BCUT2D eigenvalue weighted by Gasteiger charge is -2.29. The van der Waals surface area contributed by atoms with Crippen molar-refractivity contribution in [2.45, 2.75) is 32.7 Å². The third-order valence-electron chi connectivity index (χ3n) is 3.61. The average Bonchev–Trinajstić information content (AvgIpc) is 2.45. The Hall–Kier alpha value is -1.49. The molecule has 1 aromatic rings. The minimum atomic E-state index is -0.538. The van der Waals surface area contributed by atoms with Crippen LogP contribution in [0.4, 0.5) is 8.78 Å². The first-order chi connectivity index (χ1) is 9.42. The van der Waals surface area contributed by atoms with Gasteiger partial charge in [-0.05, 0) is 31.5 Å². The van der Waals surface area contributed by atoms with E-state index in [-0.39, 0.29) is 23.9 Å². The molecule has 20 heavy (non-hydrogen) atoms. The molecular formula is C15H22F2N2O. The number of benzene rings is 1. The molecule has 2 atom stereocenters. The summed E-state index contributed by atoms with van der Waals surface area (Å²) in [6.07, 6.45) is 1.54. The second-order valence-corrected chi connectivity index (χ2v) is 5.01. The van der Waals surface area contributed by atoms with Crippen LogP contribution in [0.1, 0.15) is 38.3 Å². The van der Waals surface area contributed by atoms with Crippen molar-refractivity contribution < 1.29 is 13.6 Å². The van der Waals surface area contributed by atoms with Crippen LogP contribution in [0, 0.1) is 17.6 Å². The first-order valence-corrected chi connectivity index (χ1v) is 6.84. The number of nitrogens with two attached hydrogens (primary N) is 1. The van der Waals surface area contributed by atoms with Crippen molar-refractivity contribution in [3.63, 3.8) is 0 Å². The molecule has 0 aliphatic carbocycles. The van der Waals surface area contributed by atoms with Crippen LogP contribution in [0.15, 0.2) is 18.2 Å². The van der Waals surface area contributed by atoms with Crippen molar-refractivity contribution in [3.05, 3.63) is 35.4 Å². The van der Waals surface area contributed by atoms with E-state index < -0.39 is 17.7 Å². The molecule has 0 spiro atoms. The van der Waals surface area contributed by atoms with Crippen molar-refractivity contribution in [2.75, 3.05) is 13.6 Å². The molecule has 0 fully saturated rings. The van der Waals surface area contributed by atoms with E-state index in [1.54, 1.807) is 14.0 Å². The topological polar surface area (TPSA) is 46.3 Å². The zero-order valence-corrected chi connectivity index (χ0v) is 12.2. The molecule has 5 heteroatoms. The van der Waals surface area contributed by atoms with Gasteiger partial charge in [-0.3, -0.25) is 4.79 Å². The van der Waals surface area contributed by atoms with Gasteiger partial charge in [-0.15, -0.1) is 0 Å². The summed E-state index contributed by atoms with van der Waals surface area (Å²) >= 11 is 0. The minimum absolute atomic E-state index is 0.134. The van der Waals surface area contributed by atoms with Crippen LogP contribution >= 0.6 is 0 Å². The molecule has 3 nitrogen and oxygen atoms in total. The van der Waals surface area contributed by atoms with Crippen LogP contribution in [0.2, 0.25) is 0 Å². The van der Waals surface area contributed by atoms with Crippen molar-refractivity contribution >= 4 is 5.91 Å².